The average Bonchev–Trinajstić information content (AvgIpc) is 2.69. The van der Waals surface area contributed by atoms with Crippen molar-refractivity contribution in [1.29, 1.82) is 0 Å². The van der Waals surface area contributed by atoms with Crippen molar-refractivity contribution >= 4 is 22.6 Å². The van der Waals surface area contributed by atoms with Crippen LogP contribution in [0.25, 0.3) is 10.8 Å². The third-order valence-corrected chi connectivity index (χ3v) is 5.02. The molecule has 28 heavy (non-hydrogen) atoms. The van der Waals surface area contributed by atoms with Crippen molar-refractivity contribution in [3.63, 3.8) is 0 Å². The number of fused-ring (bicyclic) bond motifs is 1. The lowest BCUT2D eigenvalue weighted by atomic mass is 10.0. The van der Waals surface area contributed by atoms with Gasteiger partial charge in [0.2, 0.25) is 11.8 Å². The summed E-state index contributed by atoms with van der Waals surface area (Å²) in [6.45, 7) is 4.29. The predicted molar refractivity (Wildman–Crippen MR) is 113 cm³/mol. The van der Waals surface area contributed by atoms with E-state index >= 15 is 0 Å². The first-order valence-corrected chi connectivity index (χ1v) is 9.51. The molecule has 3 aromatic carbocycles. The molecule has 0 radical (unpaired) electrons. The average molecular weight is 374 g/mol. The fourth-order valence-electron chi connectivity index (χ4n) is 3.43. The van der Waals surface area contributed by atoms with Crippen LogP contribution in [0.15, 0.2) is 66.7 Å². The number of hydrogen-bond donors (Lipinski definition) is 1. The summed E-state index contributed by atoms with van der Waals surface area (Å²) in [7, 11) is 1.77. The van der Waals surface area contributed by atoms with E-state index in [1.54, 1.807) is 18.9 Å². The SMILES string of the molecule is Cc1ccccc1CN(C)C(=O)[C@H](C)NC(=O)Cc1cccc2ccccc12. The van der Waals surface area contributed by atoms with E-state index in [9.17, 15) is 9.59 Å². The largest absolute Gasteiger partial charge is 0.344 e. The number of aryl methyl sites for hydroxylation is 1. The van der Waals surface area contributed by atoms with Gasteiger partial charge >= 0.3 is 0 Å². The number of amides is 2. The molecule has 4 heteroatoms. The third kappa shape index (κ3) is 4.58. The van der Waals surface area contributed by atoms with Gasteiger partial charge < -0.3 is 10.2 Å². The van der Waals surface area contributed by atoms with Crippen LogP contribution in [0.2, 0.25) is 0 Å². The zero-order valence-electron chi connectivity index (χ0n) is 16.6. The first kappa shape index (κ1) is 19.6. The first-order chi connectivity index (χ1) is 13.5. The molecule has 1 atom stereocenters. The van der Waals surface area contributed by atoms with Crippen LogP contribution < -0.4 is 5.32 Å². The van der Waals surface area contributed by atoms with Crippen LogP contribution >= 0.6 is 0 Å². The topological polar surface area (TPSA) is 49.4 Å². The van der Waals surface area contributed by atoms with E-state index in [1.807, 2.05) is 73.7 Å². The maximum absolute atomic E-state index is 12.7. The Kier molecular flexibility index (Phi) is 6.09. The molecule has 2 amide bonds. The molecule has 0 saturated carbocycles. The molecule has 0 aromatic heterocycles. The lowest BCUT2D eigenvalue weighted by Gasteiger charge is -2.23. The Morgan fingerprint density at radius 1 is 0.929 bits per heavy atom. The van der Waals surface area contributed by atoms with E-state index in [0.717, 1.165) is 27.5 Å². The van der Waals surface area contributed by atoms with Gasteiger partial charge in [0.05, 0.1) is 6.42 Å². The second kappa shape index (κ2) is 8.70. The van der Waals surface area contributed by atoms with Gasteiger partial charge in [0, 0.05) is 13.6 Å². The molecule has 0 bridgehead atoms. The second-order valence-electron chi connectivity index (χ2n) is 7.23. The number of benzene rings is 3. The van der Waals surface area contributed by atoms with Crippen molar-refractivity contribution in [2.45, 2.75) is 32.9 Å². The Morgan fingerprint density at radius 3 is 2.36 bits per heavy atom. The predicted octanol–water partition coefficient (Wildman–Crippen LogP) is 3.85. The lowest BCUT2D eigenvalue weighted by molar-refractivity contribution is -0.135. The van der Waals surface area contributed by atoms with Crippen molar-refractivity contribution in [3.8, 4) is 0 Å². The van der Waals surface area contributed by atoms with Crippen LogP contribution in [0, 0.1) is 6.92 Å². The molecule has 0 aliphatic heterocycles. The summed E-state index contributed by atoms with van der Waals surface area (Å²) in [4.78, 5) is 26.9. The second-order valence-corrected chi connectivity index (χ2v) is 7.23. The van der Waals surface area contributed by atoms with Crippen LogP contribution in [0.5, 0.6) is 0 Å². The van der Waals surface area contributed by atoms with Crippen molar-refractivity contribution in [1.82, 2.24) is 10.2 Å². The third-order valence-electron chi connectivity index (χ3n) is 5.02. The highest BCUT2D eigenvalue weighted by Crippen LogP contribution is 2.19. The van der Waals surface area contributed by atoms with Crippen LogP contribution in [0.1, 0.15) is 23.6 Å². The van der Waals surface area contributed by atoms with Gasteiger partial charge in [-0.05, 0) is 41.3 Å². The van der Waals surface area contributed by atoms with Gasteiger partial charge in [-0.25, -0.2) is 0 Å². The standard InChI is InChI=1S/C24H26N2O2/c1-17-9-4-5-11-21(17)16-26(3)24(28)18(2)25-23(27)15-20-13-8-12-19-10-6-7-14-22(19)20/h4-14,18H,15-16H2,1-3H3,(H,25,27)/t18-/m0/s1. The van der Waals surface area contributed by atoms with E-state index in [-0.39, 0.29) is 18.2 Å². The van der Waals surface area contributed by atoms with Gasteiger partial charge in [-0.15, -0.1) is 0 Å². The highest BCUT2D eigenvalue weighted by atomic mass is 16.2. The van der Waals surface area contributed by atoms with Crippen LogP contribution in [0.3, 0.4) is 0 Å². The van der Waals surface area contributed by atoms with Crippen molar-refractivity contribution in [2.24, 2.45) is 0 Å². The van der Waals surface area contributed by atoms with Crippen molar-refractivity contribution in [3.05, 3.63) is 83.4 Å². The van der Waals surface area contributed by atoms with Crippen LogP contribution in [0.4, 0.5) is 0 Å². The molecule has 0 aliphatic carbocycles. The molecule has 3 rings (SSSR count). The summed E-state index contributed by atoms with van der Waals surface area (Å²) in [5, 5.41) is 5.02. The summed E-state index contributed by atoms with van der Waals surface area (Å²) in [6.07, 6.45) is 0.250. The molecule has 4 nitrogen and oxygen atoms in total. The molecule has 3 aromatic rings. The zero-order chi connectivity index (χ0) is 20.1. The molecule has 1 N–H and O–H groups in total. The Bertz CT molecular complexity index is 991. The Morgan fingerprint density at radius 2 is 1.57 bits per heavy atom. The normalized spacial score (nSPS) is 11.8. The summed E-state index contributed by atoms with van der Waals surface area (Å²) < 4.78 is 0. The number of nitrogens with one attached hydrogen (secondary N) is 1. The van der Waals surface area contributed by atoms with Gasteiger partial charge in [-0.1, -0.05) is 66.7 Å². The number of hydrogen-bond acceptors (Lipinski definition) is 2. The number of carbonyl (C=O) groups excluding carboxylic acids is 2. The van der Waals surface area contributed by atoms with E-state index in [1.165, 1.54) is 0 Å². The fraction of sp³-hybridized carbons (Fsp3) is 0.250. The van der Waals surface area contributed by atoms with Gasteiger partial charge in [-0.3, -0.25) is 9.59 Å². The quantitative estimate of drug-likeness (QED) is 0.712. The van der Waals surface area contributed by atoms with Crippen molar-refractivity contribution in [2.75, 3.05) is 7.05 Å². The van der Waals surface area contributed by atoms with E-state index < -0.39 is 6.04 Å². The maximum Gasteiger partial charge on any atom is 0.244 e. The lowest BCUT2D eigenvalue weighted by Crippen LogP contribution is -2.45. The molecule has 0 spiro atoms. The Balaban J connectivity index is 1.61. The molecule has 0 unspecified atom stereocenters. The van der Waals surface area contributed by atoms with Crippen molar-refractivity contribution < 1.29 is 9.59 Å². The summed E-state index contributed by atoms with van der Waals surface area (Å²) in [5.74, 6) is -0.254. The smallest absolute Gasteiger partial charge is 0.244 e. The van der Waals surface area contributed by atoms with Gasteiger partial charge in [0.25, 0.3) is 0 Å². The number of carbonyl (C=O) groups is 2. The number of nitrogens with zero attached hydrogens (tertiary/aromatic N) is 1. The summed E-state index contributed by atoms with van der Waals surface area (Å²) in [6, 6.07) is 21.4. The monoisotopic (exact) mass is 374 g/mol. The van der Waals surface area contributed by atoms with E-state index in [4.69, 9.17) is 0 Å². The Hall–Kier alpha value is -3.14. The Labute approximate surface area is 166 Å². The number of likely N-dealkylation sites (N-methyl/N-ethyl adjacent to an activating group) is 1. The van der Waals surface area contributed by atoms with Gasteiger partial charge in [0.15, 0.2) is 0 Å². The van der Waals surface area contributed by atoms with Crippen LogP contribution in [-0.4, -0.2) is 29.8 Å². The molecule has 144 valence electrons. The minimum absolute atomic E-state index is 0.102. The fourth-order valence-corrected chi connectivity index (χ4v) is 3.43. The van der Waals surface area contributed by atoms with E-state index in [0.29, 0.717) is 6.54 Å². The molecule has 0 heterocycles. The zero-order valence-corrected chi connectivity index (χ0v) is 16.6. The molecule has 0 aliphatic rings. The molecular formula is C24H26N2O2. The highest BCUT2D eigenvalue weighted by molar-refractivity contribution is 5.92. The highest BCUT2D eigenvalue weighted by Gasteiger charge is 2.20. The van der Waals surface area contributed by atoms with Gasteiger partial charge in [-0.2, -0.15) is 0 Å². The first-order valence-electron chi connectivity index (χ1n) is 9.51. The number of rotatable bonds is 6. The minimum atomic E-state index is -0.573. The summed E-state index contributed by atoms with van der Waals surface area (Å²) >= 11 is 0. The molecule has 0 fully saturated rings. The summed E-state index contributed by atoms with van der Waals surface area (Å²) in [5.41, 5.74) is 3.21. The van der Waals surface area contributed by atoms with Crippen LogP contribution in [-0.2, 0) is 22.6 Å². The van der Waals surface area contributed by atoms with Gasteiger partial charge in [0.1, 0.15) is 6.04 Å². The maximum atomic E-state index is 12.7. The molecule has 0 saturated heterocycles. The molecular weight excluding hydrogens is 348 g/mol. The minimum Gasteiger partial charge on any atom is -0.344 e. The van der Waals surface area contributed by atoms with E-state index in [2.05, 4.69) is 5.32 Å².